The van der Waals surface area contributed by atoms with Crippen LogP contribution in [0.1, 0.15) is 26.7 Å². The summed E-state index contributed by atoms with van der Waals surface area (Å²) >= 11 is 0. The van der Waals surface area contributed by atoms with Crippen LogP contribution in [0.4, 0.5) is 0 Å². The summed E-state index contributed by atoms with van der Waals surface area (Å²) < 4.78 is 9.70. The number of rotatable bonds is 10. The fourth-order valence-electron chi connectivity index (χ4n) is 2.16. The van der Waals surface area contributed by atoms with Crippen LogP contribution >= 0.6 is 0 Å². The zero-order valence-corrected chi connectivity index (χ0v) is 13.1. The van der Waals surface area contributed by atoms with Gasteiger partial charge in [-0.3, -0.25) is 9.59 Å². The number of epoxide rings is 1. The third-order valence-corrected chi connectivity index (χ3v) is 3.35. The van der Waals surface area contributed by atoms with Gasteiger partial charge in [-0.05, 0) is 18.8 Å². The molecular weight excluding hydrogens is 292 g/mol. The number of hydrogen-bond acceptors (Lipinski definition) is 6. The first-order valence-corrected chi connectivity index (χ1v) is 7.24. The topological polar surface area (TPSA) is 131 Å². The average Bonchev–Trinajstić information content (AvgIpc) is 3.22. The van der Waals surface area contributed by atoms with Gasteiger partial charge in [0.2, 0.25) is 0 Å². The number of methoxy groups -OCH3 is 1. The van der Waals surface area contributed by atoms with E-state index in [1.165, 1.54) is 7.11 Å². The number of carbonyl (C=O) groups is 3. The number of carbonyl (C=O) groups excluding carboxylic acids is 2. The first-order chi connectivity index (χ1) is 10.3. The number of nitrogens with two attached hydrogens (primary N) is 1. The van der Waals surface area contributed by atoms with Gasteiger partial charge in [0.15, 0.2) is 18.0 Å². The van der Waals surface area contributed by atoms with Crippen molar-refractivity contribution in [1.29, 1.82) is 0 Å². The quantitative estimate of drug-likeness (QED) is 0.454. The van der Waals surface area contributed by atoms with Crippen molar-refractivity contribution in [1.82, 2.24) is 5.32 Å². The van der Waals surface area contributed by atoms with E-state index >= 15 is 0 Å². The Labute approximate surface area is 129 Å². The molecule has 1 aliphatic rings. The number of ether oxygens (including phenoxy) is 2. The van der Waals surface area contributed by atoms with Gasteiger partial charge in [-0.2, -0.15) is 0 Å². The monoisotopic (exact) mass is 316 g/mol. The fourth-order valence-corrected chi connectivity index (χ4v) is 2.16. The molecule has 0 aromatic rings. The lowest BCUT2D eigenvalue weighted by molar-refractivity contribution is -0.138. The molecule has 1 heterocycles. The Hall–Kier alpha value is -1.51. The summed E-state index contributed by atoms with van der Waals surface area (Å²) in [4.78, 5) is 34.9. The number of aliphatic carboxylic acids is 1. The van der Waals surface area contributed by atoms with Gasteiger partial charge in [0.25, 0.3) is 5.91 Å². The molecule has 126 valence electrons. The highest BCUT2D eigenvalue weighted by atomic mass is 16.6. The molecule has 1 saturated heterocycles. The summed E-state index contributed by atoms with van der Waals surface area (Å²) in [5.41, 5.74) is 5.87. The van der Waals surface area contributed by atoms with Crippen LogP contribution in [-0.4, -0.2) is 60.8 Å². The molecule has 1 fully saturated rings. The molecular formula is C14H24N2O6. The molecule has 1 rings (SSSR count). The second-order valence-electron chi connectivity index (χ2n) is 5.80. The van der Waals surface area contributed by atoms with E-state index in [-0.39, 0.29) is 24.7 Å². The molecule has 0 spiro atoms. The van der Waals surface area contributed by atoms with Crippen molar-refractivity contribution in [3.05, 3.63) is 0 Å². The molecule has 22 heavy (non-hydrogen) atoms. The predicted molar refractivity (Wildman–Crippen MR) is 77.2 cm³/mol. The molecule has 1 unspecified atom stereocenters. The van der Waals surface area contributed by atoms with E-state index in [2.05, 4.69) is 5.32 Å². The summed E-state index contributed by atoms with van der Waals surface area (Å²) in [5, 5.41) is 11.2. The summed E-state index contributed by atoms with van der Waals surface area (Å²) in [7, 11) is 1.49. The minimum atomic E-state index is -1.20. The molecule has 8 heteroatoms. The van der Waals surface area contributed by atoms with Crippen LogP contribution < -0.4 is 11.1 Å². The number of Topliss-reactive ketones (excluding diaryl/α,β-unsaturated/α-hetero) is 1. The van der Waals surface area contributed by atoms with E-state index in [1.807, 2.05) is 13.8 Å². The SMILES string of the molecule is COCCC(NC(=O)[C@H]1O[C@@H]1C(=O)O)C(=O)[C@@H](N)CC(C)C. The van der Waals surface area contributed by atoms with Gasteiger partial charge >= 0.3 is 5.97 Å². The van der Waals surface area contributed by atoms with Crippen molar-refractivity contribution in [3.63, 3.8) is 0 Å². The third-order valence-electron chi connectivity index (χ3n) is 3.35. The Kier molecular flexibility index (Phi) is 6.92. The van der Waals surface area contributed by atoms with Crippen LogP contribution in [0.15, 0.2) is 0 Å². The van der Waals surface area contributed by atoms with Gasteiger partial charge in [0.05, 0.1) is 12.1 Å². The van der Waals surface area contributed by atoms with Crippen molar-refractivity contribution in [2.24, 2.45) is 11.7 Å². The van der Waals surface area contributed by atoms with Crippen molar-refractivity contribution < 1.29 is 29.0 Å². The van der Waals surface area contributed by atoms with Crippen molar-refractivity contribution >= 4 is 17.7 Å². The van der Waals surface area contributed by atoms with Gasteiger partial charge in [-0.1, -0.05) is 13.8 Å². The molecule has 0 aliphatic carbocycles. The molecule has 1 amide bonds. The molecule has 0 radical (unpaired) electrons. The summed E-state index contributed by atoms with van der Waals surface area (Å²) in [5.74, 6) is -1.84. The molecule has 4 N–H and O–H groups in total. The summed E-state index contributed by atoms with van der Waals surface area (Å²) in [6.45, 7) is 4.18. The van der Waals surface area contributed by atoms with Crippen LogP contribution in [0.25, 0.3) is 0 Å². The molecule has 8 nitrogen and oxygen atoms in total. The Bertz CT molecular complexity index is 426. The maximum Gasteiger partial charge on any atom is 0.336 e. The molecule has 0 aromatic carbocycles. The highest BCUT2D eigenvalue weighted by molar-refractivity contribution is 5.96. The van der Waals surface area contributed by atoms with Gasteiger partial charge in [-0.15, -0.1) is 0 Å². The minimum absolute atomic E-state index is 0.251. The summed E-state index contributed by atoms with van der Waals surface area (Å²) in [6, 6.07) is -1.49. The second kappa shape index (κ2) is 8.21. The van der Waals surface area contributed by atoms with Gasteiger partial charge in [0, 0.05) is 13.7 Å². The first-order valence-electron chi connectivity index (χ1n) is 7.24. The number of carboxylic acid groups (broad SMARTS) is 1. The number of carboxylic acids is 1. The number of hydrogen-bond donors (Lipinski definition) is 3. The van der Waals surface area contributed by atoms with Crippen LogP contribution in [0.3, 0.4) is 0 Å². The Morgan fingerprint density at radius 1 is 1.32 bits per heavy atom. The maximum atomic E-state index is 12.3. The van der Waals surface area contributed by atoms with E-state index in [1.54, 1.807) is 0 Å². The average molecular weight is 316 g/mol. The molecule has 0 saturated carbocycles. The first kappa shape index (κ1) is 18.5. The zero-order valence-electron chi connectivity index (χ0n) is 13.1. The van der Waals surface area contributed by atoms with Crippen LogP contribution in [0.2, 0.25) is 0 Å². The molecule has 0 bridgehead atoms. The highest BCUT2D eigenvalue weighted by Gasteiger charge is 2.51. The van der Waals surface area contributed by atoms with E-state index in [0.717, 1.165) is 0 Å². The summed E-state index contributed by atoms with van der Waals surface area (Å²) in [6.07, 6.45) is -1.40. The van der Waals surface area contributed by atoms with E-state index < -0.39 is 36.2 Å². The normalized spacial score (nSPS) is 23.0. The van der Waals surface area contributed by atoms with Gasteiger partial charge < -0.3 is 25.6 Å². The van der Waals surface area contributed by atoms with E-state index in [0.29, 0.717) is 6.42 Å². The fraction of sp³-hybridized carbons (Fsp3) is 0.786. The van der Waals surface area contributed by atoms with Gasteiger partial charge in [-0.25, -0.2) is 4.79 Å². The largest absolute Gasteiger partial charge is 0.479 e. The van der Waals surface area contributed by atoms with E-state index in [4.69, 9.17) is 20.3 Å². The smallest absolute Gasteiger partial charge is 0.336 e. The van der Waals surface area contributed by atoms with Crippen molar-refractivity contribution in [2.45, 2.75) is 51.0 Å². The third kappa shape index (κ3) is 5.36. The minimum Gasteiger partial charge on any atom is -0.479 e. The van der Waals surface area contributed by atoms with Crippen molar-refractivity contribution in [2.75, 3.05) is 13.7 Å². The number of nitrogens with one attached hydrogen (secondary N) is 1. The standard InChI is InChI=1S/C14H24N2O6/c1-7(2)6-8(15)10(17)9(4-5-21-3)16-13(18)11-12(22-11)14(19)20/h7-9,11-12H,4-6,15H2,1-3H3,(H,16,18)(H,19,20)/t8-,9?,11-,12-/m0/s1. The molecule has 4 atom stereocenters. The predicted octanol–water partition coefficient (Wildman–Crippen LogP) is -0.698. The highest BCUT2D eigenvalue weighted by Crippen LogP contribution is 2.22. The van der Waals surface area contributed by atoms with E-state index in [9.17, 15) is 14.4 Å². The zero-order chi connectivity index (χ0) is 16.9. The van der Waals surface area contributed by atoms with Crippen molar-refractivity contribution in [3.8, 4) is 0 Å². The Morgan fingerprint density at radius 3 is 2.41 bits per heavy atom. The molecule has 0 aromatic heterocycles. The Balaban J connectivity index is 2.62. The maximum absolute atomic E-state index is 12.3. The number of amides is 1. The number of ketones is 1. The molecule has 1 aliphatic heterocycles. The second-order valence-corrected chi connectivity index (χ2v) is 5.80. The van der Waals surface area contributed by atoms with Gasteiger partial charge in [0.1, 0.15) is 0 Å². The lowest BCUT2D eigenvalue weighted by atomic mass is 9.95. The van der Waals surface area contributed by atoms with Crippen LogP contribution in [0, 0.1) is 5.92 Å². The lowest BCUT2D eigenvalue weighted by Gasteiger charge is -2.21. The van der Waals surface area contributed by atoms with Crippen LogP contribution in [0.5, 0.6) is 0 Å². The Morgan fingerprint density at radius 2 is 1.95 bits per heavy atom. The lowest BCUT2D eigenvalue weighted by Crippen LogP contribution is -2.50. The van der Waals surface area contributed by atoms with Crippen LogP contribution in [-0.2, 0) is 23.9 Å².